The number of hydrogen-bond donors (Lipinski definition) is 2. The zero-order valence-corrected chi connectivity index (χ0v) is 11.6. The first-order valence-electron chi connectivity index (χ1n) is 6.34. The van der Waals surface area contributed by atoms with Crippen molar-refractivity contribution in [1.29, 1.82) is 0 Å². The average molecular weight is 280 g/mol. The molecule has 0 fully saturated rings. The Labute approximate surface area is 116 Å². The van der Waals surface area contributed by atoms with E-state index in [-0.39, 0.29) is 17.8 Å². The molecular weight excluding hydrogens is 263 g/mol. The molecule has 6 nitrogen and oxygen atoms in total. The number of anilines is 2. The minimum Gasteiger partial charge on any atom is -0.491 e. The lowest BCUT2D eigenvalue weighted by molar-refractivity contribution is 0.321. The molecular formula is C13H17FN4O2. The van der Waals surface area contributed by atoms with E-state index in [1.54, 1.807) is 26.1 Å². The first kappa shape index (κ1) is 14.3. The normalized spacial score (nSPS) is 12.2. The summed E-state index contributed by atoms with van der Waals surface area (Å²) in [6.07, 6.45) is 0. The largest absolute Gasteiger partial charge is 0.491 e. The molecule has 1 atom stereocenters. The number of ether oxygens (including phenoxy) is 1. The van der Waals surface area contributed by atoms with Gasteiger partial charge in [-0.1, -0.05) is 5.10 Å². The van der Waals surface area contributed by atoms with Crippen LogP contribution in [0.3, 0.4) is 0 Å². The maximum Gasteiger partial charge on any atom is 0.320 e. The molecule has 7 heteroatoms. The molecule has 0 saturated carbocycles. The Morgan fingerprint density at radius 3 is 2.85 bits per heavy atom. The fourth-order valence-electron chi connectivity index (χ4n) is 1.56. The van der Waals surface area contributed by atoms with E-state index in [9.17, 15) is 4.39 Å². The number of rotatable bonds is 6. The Balaban J connectivity index is 2.10. The second-order valence-electron chi connectivity index (χ2n) is 4.16. The molecule has 2 N–H and O–H groups in total. The van der Waals surface area contributed by atoms with Gasteiger partial charge in [0.05, 0.1) is 12.6 Å². The van der Waals surface area contributed by atoms with E-state index in [1.807, 2.05) is 6.92 Å². The first-order valence-corrected chi connectivity index (χ1v) is 6.34. The van der Waals surface area contributed by atoms with Crippen molar-refractivity contribution in [3.05, 3.63) is 29.9 Å². The number of nitrogens with zero attached hydrogens (tertiary/aromatic N) is 2. The summed E-state index contributed by atoms with van der Waals surface area (Å²) in [6, 6.07) is 4.71. The smallest absolute Gasteiger partial charge is 0.320 e. The van der Waals surface area contributed by atoms with Crippen LogP contribution in [0.4, 0.5) is 16.1 Å². The summed E-state index contributed by atoms with van der Waals surface area (Å²) in [6.45, 7) is 4.11. The molecule has 2 aromatic rings. The summed E-state index contributed by atoms with van der Waals surface area (Å²) in [5, 5.41) is 13.6. The lowest BCUT2D eigenvalue weighted by Crippen LogP contribution is -2.12. The van der Waals surface area contributed by atoms with Gasteiger partial charge in [-0.15, -0.1) is 5.10 Å². The molecule has 1 unspecified atom stereocenters. The van der Waals surface area contributed by atoms with Gasteiger partial charge in [-0.05, 0) is 33.0 Å². The Hall–Kier alpha value is -2.15. The van der Waals surface area contributed by atoms with E-state index < -0.39 is 5.82 Å². The van der Waals surface area contributed by atoms with Gasteiger partial charge in [0.1, 0.15) is 0 Å². The van der Waals surface area contributed by atoms with Crippen molar-refractivity contribution in [1.82, 2.24) is 15.5 Å². The maximum atomic E-state index is 13.7. The molecule has 2 rings (SSSR count). The van der Waals surface area contributed by atoms with E-state index in [4.69, 9.17) is 9.15 Å². The SMILES string of the molecule is CCOc1ccc(Nc2nnc(C(C)NC)o2)cc1F. The molecule has 0 aliphatic rings. The summed E-state index contributed by atoms with van der Waals surface area (Å²) in [5.41, 5.74) is 0.512. The van der Waals surface area contributed by atoms with E-state index in [1.165, 1.54) is 6.07 Å². The number of aromatic nitrogens is 2. The number of halogens is 1. The van der Waals surface area contributed by atoms with Crippen molar-refractivity contribution in [3.8, 4) is 5.75 Å². The van der Waals surface area contributed by atoms with Crippen LogP contribution in [-0.4, -0.2) is 23.9 Å². The van der Waals surface area contributed by atoms with Crippen LogP contribution in [0.2, 0.25) is 0 Å². The molecule has 1 aromatic heterocycles. The predicted octanol–water partition coefficient (Wildman–Crippen LogP) is 2.63. The molecule has 0 bridgehead atoms. The Kier molecular flexibility index (Phi) is 4.52. The van der Waals surface area contributed by atoms with Crippen molar-refractivity contribution >= 4 is 11.7 Å². The van der Waals surface area contributed by atoms with E-state index in [2.05, 4.69) is 20.8 Å². The third kappa shape index (κ3) is 3.24. The number of benzene rings is 1. The lowest BCUT2D eigenvalue weighted by atomic mass is 10.3. The van der Waals surface area contributed by atoms with Crippen molar-refractivity contribution in [2.45, 2.75) is 19.9 Å². The first-order chi connectivity index (χ1) is 9.63. The van der Waals surface area contributed by atoms with Crippen LogP contribution in [0.1, 0.15) is 25.8 Å². The molecule has 0 spiro atoms. The maximum absolute atomic E-state index is 13.7. The van der Waals surface area contributed by atoms with Gasteiger partial charge in [0.15, 0.2) is 11.6 Å². The van der Waals surface area contributed by atoms with E-state index in [0.717, 1.165) is 0 Å². The monoisotopic (exact) mass is 280 g/mol. The summed E-state index contributed by atoms with van der Waals surface area (Å²) in [4.78, 5) is 0. The molecule has 1 aromatic carbocycles. The predicted molar refractivity (Wildman–Crippen MR) is 72.6 cm³/mol. The van der Waals surface area contributed by atoms with Crippen LogP contribution in [-0.2, 0) is 0 Å². The number of hydrogen-bond acceptors (Lipinski definition) is 6. The third-order valence-corrected chi connectivity index (χ3v) is 2.73. The summed E-state index contributed by atoms with van der Waals surface area (Å²) in [5.74, 6) is 0.231. The van der Waals surface area contributed by atoms with Crippen LogP contribution in [0.15, 0.2) is 22.6 Å². The minimum absolute atomic E-state index is 0.0462. The minimum atomic E-state index is -0.444. The van der Waals surface area contributed by atoms with Gasteiger partial charge in [-0.2, -0.15) is 0 Å². The second-order valence-corrected chi connectivity index (χ2v) is 4.16. The van der Waals surface area contributed by atoms with Gasteiger partial charge in [0, 0.05) is 11.8 Å². The Bertz CT molecular complexity index is 573. The van der Waals surface area contributed by atoms with Crippen molar-refractivity contribution < 1.29 is 13.5 Å². The summed E-state index contributed by atoms with van der Waals surface area (Å²) in [7, 11) is 1.80. The molecule has 20 heavy (non-hydrogen) atoms. The van der Waals surface area contributed by atoms with Crippen LogP contribution < -0.4 is 15.4 Å². The van der Waals surface area contributed by atoms with Crippen molar-refractivity contribution in [3.63, 3.8) is 0 Å². The van der Waals surface area contributed by atoms with Gasteiger partial charge < -0.3 is 19.8 Å². The molecule has 108 valence electrons. The molecule has 0 saturated heterocycles. The van der Waals surface area contributed by atoms with E-state index >= 15 is 0 Å². The highest BCUT2D eigenvalue weighted by molar-refractivity contribution is 5.53. The molecule has 0 amide bonds. The summed E-state index contributed by atoms with van der Waals surface area (Å²) < 4.78 is 24.2. The summed E-state index contributed by atoms with van der Waals surface area (Å²) >= 11 is 0. The lowest BCUT2D eigenvalue weighted by Gasteiger charge is -2.07. The molecule has 0 aliphatic carbocycles. The fourth-order valence-corrected chi connectivity index (χ4v) is 1.56. The van der Waals surface area contributed by atoms with Crippen LogP contribution in [0.5, 0.6) is 5.75 Å². The Morgan fingerprint density at radius 1 is 1.40 bits per heavy atom. The van der Waals surface area contributed by atoms with Crippen molar-refractivity contribution in [2.75, 3.05) is 19.0 Å². The molecule has 0 aliphatic heterocycles. The van der Waals surface area contributed by atoms with Gasteiger partial charge in [0.2, 0.25) is 5.89 Å². The zero-order chi connectivity index (χ0) is 14.5. The van der Waals surface area contributed by atoms with Gasteiger partial charge in [-0.3, -0.25) is 0 Å². The zero-order valence-electron chi connectivity index (χ0n) is 11.6. The highest BCUT2D eigenvalue weighted by atomic mass is 19.1. The second kappa shape index (κ2) is 6.33. The fraction of sp³-hybridized carbons (Fsp3) is 0.385. The van der Waals surface area contributed by atoms with Crippen LogP contribution >= 0.6 is 0 Å². The Morgan fingerprint density at radius 2 is 2.20 bits per heavy atom. The average Bonchev–Trinajstić information content (AvgIpc) is 2.89. The highest BCUT2D eigenvalue weighted by Gasteiger charge is 2.12. The van der Waals surface area contributed by atoms with Crippen molar-refractivity contribution in [2.24, 2.45) is 0 Å². The highest BCUT2D eigenvalue weighted by Crippen LogP contribution is 2.24. The number of nitrogens with one attached hydrogen (secondary N) is 2. The van der Waals surface area contributed by atoms with E-state index in [0.29, 0.717) is 18.2 Å². The van der Waals surface area contributed by atoms with Gasteiger partial charge in [-0.25, -0.2) is 4.39 Å². The standard InChI is InChI=1S/C13H17FN4O2/c1-4-19-11-6-5-9(7-10(11)14)16-13-18-17-12(20-13)8(2)15-3/h5-8,15H,4H2,1-3H3,(H,16,18). The molecule has 1 heterocycles. The van der Waals surface area contributed by atoms with Crippen LogP contribution in [0, 0.1) is 5.82 Å². The third-order valence-electron chi connectivity index (χ3n) is 2.73. The van der Waals surface area contributed by atoms with Crippen LogP contribution in [0.25, 0.3) is 0 Å². The van der Waals surface area contributed by atoms with Gasteiger partial charge >= 0.3 is 6.01 Å². The quantitative estimate of drug-likeness (QED) is 0.847. The molecule has 0 radical (unpaired) electrons. The van der Waals surface area contributed by atoms with Gasteiger partial charge in [0.25, 0.3) is 0 Å². The topological polar surface area (TPSA) is 72.2 Å².